The summed E-state index contributed by atoms with van der Waals surface area (Å²) in [7, 11) is 3.38. The number of carbonyl (C=O) groups is 2. The molecular formula is C29H38N2O6. The van der Waals surface area contributed by atoms with Crippen molar-refractivity contribution in [1.29, 1.82) is 0 Å². The van der Waals surface area contributed by atoms with Gasteiger partial charge in [-0.15, -0.1) is 0 Å². The van der Waals surface area contributed by atoms with Crippen LogP contribution in [0.1, 0.15) is 42.7 Å². The minimum Gasteiger partial charge on any atom is -0.493 e. The molecule has 0 aromatic heterocycles. The maximum absolute atomic E-state index is 9.55. The molecule has 1 aliphatic heterocycles. The van der Waals surface area contributed by atoms with Gasteiger partial charge in [-0.25, -0.2) is 9.59 Å². The van der Waals surface area contributed by atoms with Crippen LogP contribution in [-0.2, 0) is 16.0 Å². The minimum atomic E-state index is -1.26. The minimum absolute atomic E-state index is 0.558. The van der Waals surface area contributed by atoms with Gasteiger partial charge in [0.1, 0.15) is 0 Å². The normalized spacial score (nSPS) is 16.3. The van der Waals surface area contributed by atoms with Crippen molar-refractivity contribution in [1.82, 2.24) is 4.90 Å². The van der Waals surface area contributed by atoms with Crippen LogP contribution in [0.2, 0.25) is 0 Å². The van der Waals surface area contributed by atoms with Gasteiger partial charge in [-0.2, -0.15) is 0 Å². The van der Waals surface area contributed by atoms with Crippen molar-refractivity contribution in [3.63, 3.8) is 0 Å². The van der Waals surface area contributed by atoms with Crippen LogP contribution < -0.4 is 14.4 Å². The fourth-order valence-electron chi connectivity index (χ4n) is 4.91. The summed E-state index contributed by atoms with van der Waals surface area (Å²) in [5.41, 5.74) is 4.22. The molecule has 2 aromatic carbocycles. The molecule has 1 heterocycles. The fraction of sp³-hybridized carbons (Fsp3) is 0.448. The Labute approximate surface area is 219 Å². The first-order valence-corrected chi connectivity index (χ1v) is 12.8. The zero-order valence-corrected chi connectivity index (χ0v) is 21.8. The van der Waals surface area contributed by atoms with Crippen LogP contribution in [0.25, 0.3) is 0 Å². The standard InChI is InChI=1S/C25H34N2O2.C4H4O4/c1-28-24-12-7-20(19-25(24)29-2)13-14-26-15-17-27(18-16-26)23-10-8-22(9-11-23)21-5-3-4-6-21;5-3(6)1-2-4(7)8/h7-12,19,21H,3-6,13-18H2,1-2H3;1-2H,(H,5,6)(H,7,8)/b;2-1+. The Hall–Kier alpha value is -3.52. The highest BCUT2D eigenvalue weighted by Gasteiger charge is 2.19. The van der Waals surface area contributed by atoms with Gasteiger partial charge >= 0.3 is 11.9 Å². The van der Waals surface area contributed by atoms with E-state index in [-0.39, 0.29) is 0 Å². The summed E-state index contributed by atoms with van der Waals surface area (Å²) in [6.07, 6.45) is 7.70. The summed E-state index contributed by atoms with van der Waals surface area (Å²) in [6, 6.07) is 15.7. The van der Waals surface area contributed by atoms with Gasteiger partial charge in [-0.05, 0) is 60.6 Å². The Morgan fingerprint density at radius 1 is 0.865 bits per heavy atom. The fourth-order valence-corrected chi connectivity index (χ4v) is 4.91. The van der Waals surface area contributed by atoms with Crippen LogP contribution >= 0.6 is 0 Å². The van der Waals surface area contributed by atoms with Crippen molar-refractivity contribution in [2.24, 2.45) is 0 Å². The lowest BCUT2D eigenvalue weighted by molar-refractivity contribution is -0.134. The van der Waals surface area contributed by atoms with Gasteiger partial charge in [0.2, 0.25) is 0 Å². The number of aliphatic carboxylic acids is 2. The lowest BCUT2D eigenvalue weighted by Crippen LogP contribution is -2.47. The molecule has 2 aromatic rings. The number of carboxylic acids is 2. The number of piperazine rings is 1. The second-order valence-electron chi connectivity index (χ2n) is 9.35. The first-order valence-electron chi connectivity index (χ1n) is 12.8. The van der Waals surface area contributed by atoms with Crippen LogP contribution in [0.5, 0.6) is 11.5 Å². The monoisotopic (exact) mass is 510 g/mol. The highest BCUT2D eigenvalue weighted by Crippen LogP contribution is 2.34. The first kappa shape index (κ1) is 28.1. The van der Waals surface area contributed by atoms with Gasteiger partial charge in [0, 0.05) is 50.6 Å². The summed E-state index contributed by atoms with van der Waals surface area (Å²) < 4.78 is 10.8. The first-order chi connectivity index (χ1) is 17.9. The number of methoxy groups -OCH3 is 2. The number of benzene rings is 2. The predicted molar refractivity (Wildman–Crippen MR) is 144 cm³/mol. The third-order valence-corrected chi connectivity index (χ3v) is 6.99. The summed E-state index contributed by atoms with van der Waals surface area (Å²) >= 11 is 0. The number of nitrogens with zero attached hydrogens (tertiary/aromatic N) is 2. The average Bonchev–Trinajstić information content (AvgIpc) is 3.46. The molecular weight excluding hydrogens is 472 g/mol. The molecule has 1 aliphatic carbocycles. The zero-order valence-electron chi connectivity index (χ0n) is 21.8. The van der Waals surface area contributed by atoms with E-state index in [0.29, 0.717) is 12.2 Å². The van der Waals surface area contributed by atoms with Gasteiger partial charge < -0.3 is 24.6 Å². The molecule has 8 nitrogen and oxygen atoms in total. The maximum atomic E-state index is 9.55. The number of hydrogen-bond acceptors (Lipinski definition) is 6. The highest BCUT2D eigenvalue weighted by atomic mass is 16.5. The molecule has 1 saturated heterocycles. The van der Waals surface area contributed by atoms with Crippen molar-refractivity contribution in [2.45, 2.75) is 38.0 Å². The molecule has 0 amide bonds. The molecule has 200 valence electrons. The van der Waals surface area contributed by atoms with Crippen LogP contribution in [0.4, 0.5) is 5.69 Å². The predicted octanol–water partition coefficient (Wildman–Crippen LogP) is 4.44. The summed E-state index contributed by atoms with van der Waals surface area (Å²) in [6.45, 7) is 5.54. The summed E-state index contributed by atoms with van der Waals surface area (Å²) in [5, 5.41) is 15.6. The van der Waals surface area contributed by atoms with Crippen LogP contribution in [0, 0.1) is 0 Å². The molecule has 2 N–H and O–H groups in total. The van der Waals surface area contributed by atoms with E-state index in [1.807, 2.05) is 6.07 Å². The highest BCUT2D eigenvalue weighted by molar-refractivity contribution is 5.89. The van der Waals surface area contributed by atoms with Crippen molar-refractivity contribution < 1.29 is 29.3 Å². The Morgan fingerprint density at radius 3 is 2.00 bits per heavy atom. The molecule has 2 fully saturated rings. The van der Waals surface area contributed by atoms with E-state index in [2.05, 4.69) is 46.2 Å². The van der Waals surface area contributed by atoms with Gasteiger partial charge in [-0.1, -0.05) is 31.0 Å². The topological polar surface area (TPSA) is 99.5 Å². The number of anilines is 1. The maximum Gasteiger partial charge on any atom is 0.328 e. The van der Waals surface area contributed by atoms with Gasteiger partial charge in [-0.3, -0.25) is 4.90 Å². The number of carboxylic acid groups (broad SMARTS) is 2. The van der Waals surface area contributed by atoms with E-state index in [1.165, 1.54) is 36.9 Å². The van der Waals surface area contributed by atoms with E-state index in [9.17, 15) is 9.59 Å². The van der Waals surface area contributed by atoms with E-state index in [0.717, 1.165) is 56.6 Å². The second kappa shape index (κ2) is 14.3. The lowest BCUT2D eigenvalue weighted by Gasteiger charge is -2.36. The Bertz CT molecular complexity index is 1020. The lowest BCUT2D eigenvalue weighted by atomic mass is 9.97. The molecule has 37 heavy (non-hydrogen) atoms. The number of rotatable bonds is 9. The van der Waals surface area contributed by atoms with Gasteiger partial charge in [0.25, 0.3) is 0 Å². The number of hydrogen-bond donors (Lipinski definition) is 2. The Morgan fingerprint density at radius 2 is 1.46 bits per heavy atom. The molecule has 1 saturated carbocycles. The molecule has 0 unspecified atom stereocenters. The second-order valence-corrected chi connectivity index (χ2v) is 9.35. The zero-order chi connectivity index (χ0) is 26.6. The van der Waals surface area contributed by atoms with Crippen molar-refractivity contribution >= 4 is 17.6 Å². The van der Waals surface area contributed by atoms with Crippen LogP contribution in [0.3, 0.4) is 0 Å². The largest absolute Gasteiger partial charge is 0.493 e. The third kappa shape index (κ3) is 8.82. The molecule has 2 aliphatic rings. The summed E-state index contributed by atoms with van der Waals surface area (Å²) in [4.78, 5) is 24.2. The molecule has 0 atom stereocenters. The van der Waals surface area contributed by atoms with E-state index < -0.39 is 11.9 Å². The molecule has 4 rings (SSSR count). The van der Waals surface area contributed by atoms with E-state index in [4.69, 9.17) is 19.7 Å². The Kier molecular flexibility index (Phi) is 10.8. The van der Waals surface area contributed by atoms with Gasteiger partial charge in [0.15, 0.2) is 11.5 Å². The smallest absolute Gasteiger partial charge is 0.328 e. The van der Waals surface area contributed by atoms with E-state index in [1.54, 1.807) is 19.8 Å². The Balaban J connectivity index is 0.000000414. The quantitative estimate of drug-likeness (QED) is 0.478. The molecule has 0 bridgehead atoms. The van der Waals surface area contributed by atoms with Crippen molar-refractivity contribution in [3.8, 4) is 11.5 Å². The third-order valence-electron chi connectivity index (χ3n) is 6.99. The summed E-state index contributed by atoms with van der Waals surface area (Å²) in [5.74, 6) is -0.100. The van der Waals surface area contributed by atoms with Crippen molar-refractivity contribution in [2.75, 3.05) is 51.8 Å². The SMILES string of the molecule is COc1ccc(CCN2CCN(c3ccc(C4CCCC4)cc3)CC2)cc1OC.O=C(O)/C=C/C(=O)O. The van der Waals surface area contributed by atoms with Gasteiger partial charge in [0.05, 0.1) is 14.2 Å². The number of ether oxygens (including phenoxy) is 2. The molecule has 0 radical (unpaired) electrons. The average molecular weight is 511 g/mol. The van der Waals surface area contributed by atoms with Crippen LogP contribution in [0.15, 0.2) is 54.6 Å². The molecule has 0 spiro atoms. The van der Waals surface area contributed by atoms with Crippen molar-refractivity contribution in [3.05, 3.63) is 65.7 Å². The molecule has 8 heteroatoms. The van der Waals surface area contributed by atoms with Crippen LogP contribution in [-0.4, -0.2) is 74.0 Å². The van der Waals surface area contributed by atoms with E-state index >= 15 is 0 Å².